The molecule has 12 heteroatoms. The van der Waals surface area contributed by atoms with Crippen molar-refractivity contribution in [2.24, 2.45) is 5.73 Å². The van der Waals surface area contributed by atoms with Crippen LogP contribution in [-0.2, 0) is 4.57 Å². The van der Waals surface area contributed by atoms with E-state index in [1.54, 1.807) is 20.4 Å². The fourth-order valence-electron chi connectivity index (χ4n) is 3.97. The monoisotopic (exact) mass is 588 g/mol. The highest BCUT2D eigenvalue weighted by atomic mass is 35.5. The zero-order chi connectivity index (χ0) is 29.3. The van der Waals surface area contributed by atoms with E-state index in [9.17, 15) is 4.57 Å². The van der Waals surface area contributed by atoms with Gasteiger partial charge in [0.25, 0.3) is 0 Å². The van der Waals surface area contributed by atoms with Crippen molar-refractivity contribution in [1.29, 1.82) is 0 Å². The lowest BCUT2D eigenvalue weighted by atomic mass is 10.1. The summed E-state index contributed by atoms with van der Waals surface area (Å²) in [5, 5.41) is 15.3. The van der Waals surface area contributed by atoms with Gasteiger partial charge in [-0.2, -0.15) is 4.98 Å². The summed E-state index contributed by atoms with van der Waals surface area (Å²) in [6.07, 6.45) is 1.95. The van der Waals surface area contributed by atoms with Crippen molar-refractivity contribution in [2.45, 2.75) is 32.7 Å². The van der Waals surface area contributed by atoms with Crippen LogP contribution in [0, 0.1) is 0 Å². The van der Waals surface area contributed by atoms with Crippen LogP contribution in [0.4, 0.5) is 28.8 Å². The van der Waals surface area contributed by atoms with E-state index in [0.717, 1.165) is 55.7 Å². The molecule has 0 aliphatic carbocycles. The van der Waals surface area contributed by atoms with E-state index >= 15 is 0 Å². The SMILES string of the molecule is CCN(C)CC.COc1cc(N2CCC(N)CC2)ccc1Nc1nnc(Cl)c(Nc2ccc(P(C)(C)=O)cc2)n1. The second-order valence-electron chi connectivity index (χ2n) is 10.1. The third-order valence-electron chi connectivity index (χ3n) is 6.81. The van der Waals surface area contributed by atoms with Crippen molar-refractivity contribution in [1.82, 2.24) is 20.1 Å². The molecular formula is C28H42ClN8O2P. The fraction of sp³-hybridized carbons (Fsp3) is 0.464. The lowest BCUT2D eigenvalue weighted by Gasteiger charge is -2.32. The smallest absolute Gasteiger partial charge is 0.249 e. The van der Waals surface area contributed by atoms with Crippen molar-refractivity contribution in [3.8, 4) is 5.75 Å². The Balaban J connectivity index is 0.000000663. The molecule has 1 aliphatic rings. The van der Waals surface area contributed by atoms with Gasteiger partial charge in [0, 0.05) is 41.9 Å². The van der Waals surface area contributed by atoms with Gasteiger partial charge in [-0.25, -0.2) is 0 Å². The molecule has 10 nitrogen and oxygen atoms in total. The third-order valence-corrected chi connectivity index (χ3v) is 8.61. The maximum atomic E-state index is 12.2. The van der Waals surface area contributed by atoms with E-state index in [0.29, 0.717) is 17.3 Å². The number of nitrogens with one attached hydrogen (secondary N) is 2. The number of ether oxygens (including phenoxy) is 1. The topological polar surface area (TPSA) is 122 Å². The molecule has 4 rings (SSSR count). The van der Waals surface area contributed by atoms with Crippen LogP contribution >= 0.6 is 18.7 Å². The maximum Gasteiger partial charge on any atom is 0.249 e. The summed E-state index contributed by atoms with van der Waals surface area (Å²) in [6, 6.07) is 13.5. The zero-order valence-corrected chi connectivity index (χ0v) is 26.0. The molecule has 1 fully saturated rings. The average molecular weight is 589 g/mol. The summed E-state index contributed by atoms with van der Waals surface area (Å²) < 4.78 is 17.8. The molecule has 0 spiro atoms. The van der Waals surface area contributed by atoms with Gasteiger partial charge in [-0.15, -0.1) is 10.2 Å². The van der Waals surface area contributed by atoms with E-state index in [1.807, 2.05) is 42.5 Å². The minimum Gasteiger partial charge on any atom is -0.494 e. The molecule has 2 aromatic carbocycles. The number of rotatable bonds is 9. The van der Waals surface area contributed by atoms with Gasteiger partial charge in [0.15, 0.2) is 11.0 Å². The first-order valence-corrected chi connectivity index (χ1v) is 16.5. The molecule has 40 heavy (non-hydrogen) atoms. The number of aromatic nitrogens is 3. The minimum atomic E-state index is -2.32. The molecule has 218 valence electrons. The fourth-order valence-corrected chi connectivity index (χ4v) is 4.96. The van der Waals surface area contributed by atoms with Crippen molar-refractivity contribution in [3.63, 3.8) is 0 Å². The number of methoxy groups -OCH3 is 1. The number of halogens is 1. The van der Waals surface area contributed by atoms with E-state index in [2.05, 4.69) is 56.5 Å². The summed E-state index contributed by atoms with van der Waals surface area (Å²) in [7, 11) is 1.41. The number of anilines is 5. The van der Waals surface area contributed by atoms with E-state index < -0.39 is 7.14 Å². The number of benzene rings is 2. The molecule has 0 amide bonds. The van der Waals surface area contributed by atoms with Crippen LogP contribution in [0.2, 0.25) is 5.15 Å². The Bertz CT molecular complexity index is 1280. The molecular weight excluding hydrogens is 547 g/mol. The van der Waals surface area contributed by atoms with Gasteiger partial charge in [-0.3, -0.25) is 0 Å². The molecule has 1 saturated heterocycles. The molecule has 2 heterocycles. The lowest BCUT2D eigenvalue weighted by Crippen LogP contribution is -2.39. The average Bonchev–Trinajstić information content (AvgIpc) is 2.95. The highest BCUT2D eigenvalue weighted by Crippen LogP contribution is 2.35. The Morgan fingerprint density at radius 2 is 1.73 bits per heavy atom. The Labute approximate surface area is 243 Å². The van der Waals surface area contributed by atoms with Crippen LogP contribution in [0.15, 0.2) is 42.5 Å². The highest BCUT2D eigenvalue weighted by molar-refractivity contribution is 7.70. The van der Waals surface area contributed by atoms with Crippen LogP contribution in [0.5, 0.6) is 5.75 Å². The molecule has 0 atom stereocenters. The number of hydrogen-bond acceptors (Lipinski definition) is 10. The van der Waals surface area contributed by atoms with Crippen LogP contribution < -0.4 is 31.3 Å². The highest BCUT2D eigenvalue weighted by Gasteiger charge is 2.18. The summed E-state index contributed by atoms with van der Waals surface area (Å²) in [5.74, 6) is 1.29. The van der Waals surface area contributed by atoms with Gasteiger partial charge >= 0.3 is 0 Å². The van der Waals surface area contributed by atoms with Crippen molar-refractivity contribution in [2.75, 3.05) is 69.2 Å². The maximum absolute atomic E-state index is 12.2. The Hall–Kier alpha value is -2.91. The molecule has 0 saturated carbocycles. The van der Waals surface area contributed by atoms with Crippen LogP contribution in [0.1, 0.15) is 26.7 Å². The minimum absolute atomic E-state index is 0.136. The van der Waals surface area contributed by atoms with E-state index in [1.165, 1.54) is 0 Å². The van der Waals surface area contributed by atoms with E-state index in [4.69, 9.17) is 22.1 Å². The van der Waals surface area contributed by atoms with E-state index in [-0.39, 0.29) is 17.1 Å². The Morgan fingerprint density at radius 3 is 2.27 bits per heavy atom. The zero-order valence-electron chi connectivity index (χ0n) is 24.3. The van der Waals surface area contributed by atoms with Gasteiger partial charge in [0.1, 0.15) is 12.9 Å². The summed E-state index contributed by atoms with van der Waals surface area (Å²) in [4.78, 5) is 9.02. The Morgan fingerprint density at radius 1 is 1.07 bits per heavy atom. The molecule has 4 N–H and O–H groups in total. The van der Waals surface area contributed by atoms with Crippen LogP contribution in [0.3, 0.4) is 0 Å². The van der Waals surface area contributed by atoms with Gasteiger partial charge in [0.05, 0.1) is 12.8 Å². The lowest BCUT2D eigenvalue weighted by molar-refractivity contribution is 0.373. The summed E-state index contributed by atoms with van der Waals surface area (Å²) >= 11 is 6.22. The van der Waals surface area contributed by atoms with Crippen molar-refractivity contribution < 1.29 is 9.30 Å². The molecule has 0 radical (unpaired) electrons. The standard InChI is InChI=1S/C23H29ClN7O2P.C5H13N/c1-33-20-14-17(31-12-10-15(25)11-13-31)6-9-19(20)27-23-28-22(21(24)29-30-23)26-16-4-7-18(8-5-16)34(2,3)32;1-4-6(3)5-2/h4-9,14-15H,10-13,25H2,1-3H3,(H2,26,27,28,30);4-5H2,1-3H3. The number of nitrogens with two attached hydrogens (primary N) is 1. The predicted molar refractivity (Wildman–Crippen MR) is 168 cm³/mol. The molecule has 3 aromatic rings. The normalized spacial score (nSPS) is 14.0. The van der Waals surface area contributed by atoms with Gasteiger partial charge in [-0.05, 0) is 82.7 Å². The number of piperidine rings is 1. The summed E-state index contributed by atoms with van der Waals surface area (Å²) in [5.41, 5.74) is 8.57. The molecule has 0 unspecified atom stereocenters. The first-order valence-electron chi connectivity index (χ1n) is 13.5. The number of hydrogen-bond donors (Lipinski definition) is 3. The molecule has 0 bridgehead atoms. The van der Waals surface area contributed by atoms with Gasteiger partial charge < -0.3 is 35.5 Å². The molecule has 1 aliphatic heterocycles. The van der Waals surface area contributed by atoms with Crippen LogP contribution in [0.25, 0.3) is 0 Å². The van der Waals surface area contributed by atoms with Crippen LogP contribution in [-0.4, -0.2) is 79.8 Å². The predicted octanol–water partition coefficient (Wildman–Crippen LogP) is 5.15. The second kappa shape index (κ2) is 14.6. The third kappa shape index (κ3) is 9.06. The van der Waals surface area contributed by atoms with Gasteiger partial charge in [-0.1, -0.05) is 25.4 Å². The summed E-state index contributed by atoms with van der Waals surface area (Å²) in [6.45, 7) is 12.0. The van der Waals surface area contributed by atoms with Crippen molar-refractivity contribution in [3.05, 3.63) is 47.6 Å². The molecule has 1 aromatic heterocycles. The number of nitrogens with zero attached hydrogens (tertiary/aromatic N) is 5. The first-order chi connectivity index (χ1) is 19.0. The van der Waals surface area contributed by atoms with Crippen molar-refractivity contribution >= 4 is 52.9 Å². The van der Waals surface area contributed by atoms with Gasteiger partial charge in [0.2, 0.25) is 5.95 Å². The first kappa shape index (κ1) is 31.6. The Kier molecular flexibility index (Phi) is 11.6. The quantitative estimate of drug-likeness (QED) is 0.289. The largest absolute Gasteiger partial charge is 0.494 e. The second-order valence-corrected chi connectivity index (χ2v) is 13.7.